The van der Waals surface area contributed by atoms with Gasteiger partial charge in [-0.1, -0.05) is 18.2 Å². The van der Waals surface area contributed by atoms with E-state index in [1.807, 2.05) is 30.5 Å². The van der Waals surface area contributed by atoms with E-state index in [4.69, 9.17) is 0 Å². The molecule has 0 saturated carbocycles. The van der Waals surface area contributed by atoms with Crippen LogP contribution in [-0.2, 0) is 11.3 Å². The maximum Gasteiger partial charge on any atom is 0.0457 e. The van der Waals surface area contributed by atoms with Crippen molar-refractivity contribution in [3.05, 3.63) is 36.0 Å². The number of carbonyl (C=O) groups excluding carboxylic acids is 1. The van der Waals surface area contributed by atoms with Gasteiger partial charge in [0, 0.05) is 23.6 Å². The molecule has 1 amide bonds. The van der Waals surface area contributed by atoms with E-state index in [9.17, 15) is 4.79 Å². The fraction of sp³-hybridized carbons (Fsp3) is 0.100. The molecule has 4 nitrogen and oxygen atoms in total. The molecule has 0 saturated heterocycles. The van der Waals surface area contributed by atoms with E-state index < -0.39 is 0 Å². The number of hydrazine groups is 1. The zero-order valence-corrected chi connectivity index (χ0v) is 10.2. The SMILES string of the molecule is O=[C-]NNCc1c[nH]c2ccccc12.[Fm]. The minimum Gasteiger partial charge on any atom is -0.519 e. The molecule has 5 heteroatoms. The van der Waals surface area contributed by atoms with Crippen LogP contribution in [0.15, 0.2) is 30.5 Å². The van der Waals surface area contributed by atoms with Crippen molar-refractivity contribution in [2.75, 3.05) is 0 Å². The van der Waals surface area contributed by atoms with Gasteiger partial charge in [-0.05, 0) is 11.6 Å². The van der Waals surface area contributed by atoms with Crippen LogP contribution < -0.4 is 10.9 Å². The quantitative estimate of drug-likeness (QED) is 0.283. The van der Waals surface area contributed by atoms with E-state index in [0.29, 0.717) is 6.54 Å². The normalized spacial score (nSPS) is 9.60. The summed E-state index contributed by atoms with van der Waals surface area (Å²) in [6.45, 7) is 0.583. The minimum absolute atomic E-state index is 0. The Morgan fingerprint density at radius 2 is 2.13 bits per heavy atom. The van der Waals surface area contributed by atoms with Crippen molar-refractivity contribution >= 4 is 17.3 Å². The second-order valence-electron chi connectivity index (χ2n) is 2.94. The predicted molar refractivity (Wildman–Crippen MR) is 54.0 cm³/mol. The van der Waals surface area contributed by atoms with E-state index in [1.54, 1.807) is 6.41 Å². The number of amides is 1. The van der Waals surface area contributed by atoms with Gasteiger partial charge in [-0.15, -0.1) is 0 Å². The molecular formula is C10H10FmN3O-. The summed E-state index contributed by atoms with van der Waals surface area (Å²) in [6, 6.07) is 8.01. The van der Waals surface area contributed by atoms with Crippen LogP contribution in [0.2, 0.25) is 0 Å². The Labute approximate surface area is 81.3 Å². The number of aromatic amines is 1. The largest absolute Gasteiger partial charge is 0.519 e. The molecule has 84 valence electrons. The third kappa shape index (κ3) is 1.92. The molecule has 0 aliphatic rings. The molecular weight excluding hydrogens is 435 g/mol. The smallest absolute Gasteiger partial charge is 0.0457 e. The summed E-state index contributed by atoms with van der Waals surface area (Å²) in [7, 11) is 0. The first-order valence-electron chi connectivity index (χ1n) is 4.32. The van der Waals surface area contributed by atoms with E-state index in [0.717, 1.165) is 16.5 Å². The second-order valence-corrected chi connectivity index (χ2v) is 2.94. The Bertz CT molecular complexity index is 441. The zero-order valence-electron chi connectivity index (χ0n) is 7.79. The van der Waals surface area contributed by atoms with Crippen LogP contribution in [0.4, 0.5) is 0 Å². The van der Waals surface area contributed by atoms with Crippen LogP contribution in [-0.4, -0.2) is 11.4 Å². The summed E-state index contributed by atoms with van der Waals surface area (Å²) in [5.74, 6) is 0. The van der Waals surface area contributed by atoms with Gasteiger partial charge >= 0.3 is 0 Å². The number of nitrogens with one attached hydrogen (secondary N) is 3. The third-order valence-corrected chi connectivity index (χ3v) is 2.09. The van der Waals surface area contributed by atoms with Crippen LogP contribution >= 0.6 is 0 Å². The summed E-state index contributed by atoms with van der Waals surface area (Å²) < 4.78 is 0. The molecule has 0 radical (unpaired) electrons. The van der Waals surface area contributed by atoms with Crippen molar-refractivity contribution in [1.29, 1.82) is 0 Å². The number of para-hydroxylation sites is 1. The van der Waals surface area contributed by atoms with Crippen molar-refractivity contribution in [2.45, 2.75) is 6.54 Å². The maximum atomic E-state index is 9.89. The molecule has 1 aromatic carbocycles. The van der Waals surface area contributed by atoms with Gasteiger partial charge in [-0.25, -0.2) is 0 Å². The molecule has 0 atom stereocenters. The fourth-order valence-electron chi connectivity index (χ4n) is 1.45. The summed E-state index contributed by atoms with van der Waals surface area (Å²) in [5, 5.41) is 1.16. The molecule has 3 N–H and O–H groups in total. The van der Waals surface area contributed by atoms with Crippen LogP contribution in [0.25, 0.3) is 10.9 Å². The van der Waals surface area contributed by atoms with Crippen LogP contribution in [0.5, 0.6) is 0 Å². The zero-order chi connectivity index (χ0) is 9.80. The number of aromatic nitrogens is 1. The number of benzene rings is 1. The summed E-state index contributed by atoms with van der Waals surface area (Å²) >= 11 is 0. The summed E-state index contributed by atoms with van der Waals surface area (Å²) in [4.78, 5) is 13.0. The fourth-order valence-corrected chi connectivity index (χ4v) is 1.45. The Morgan fingerprint density at radius 3 is 2.93 bits per heavy atom. The van der Waals surface area contributed by atoms with E-state index in [1.165, 1.54) is 0 Å². The third-order valence-electron chi connectivity index (χ3n) is 2.09. The molecule has 0 fully saturated rings. The first kappa shape index (κ1) is 10.3. The van der Waals surface area contributed by atoms with Crippen molar-refractivity contribution in [3.8, 4) is 0 Å². The van der Waals surface area contributed by atoms with Crippen LogP contribution in [0.3, 0.4) is 0 Å². The van der Waals surface area contributed by atoms with Gasteiger partial charge in [0.2, 0.25) is 0 Å². The van der Waals surface area contributed by atoms with Gasteiger partial charge in [0.1, 0.15) is 0 Å². The minimum atomic E-state index is 0. The average Bonchev–Trinajstić information content (AvgIpc) is 2.63. The van der Waals surface area contributed by atoms with E-state index >= 15 is 0 Å². The van der Waals surface area contributed by atoms with Gasteiger partial charge in [0.15, 0.2) is 0 Å². The van der Waals surface area contributed by atoms with Gasteiger partial charge < -0.3 is 15.2 Å². The molecule has 0 aliphatic carbocycles. The molecule has 15 heavy (non-hydrogen) atoms. The van der Waals surface area contributed by atoms with Crippen LogP contribution in [0.1, 0.15) is 5.56 Å². The molecule has 2 rings (SSSR count). The van der Waals surface area contributed by atoms with Gasteiger partial charge in [0.05, 0.1) is 0 Å². The first-order chi connectivity index (χ1) is 6.92. The number of hydrogen-bond donors (Lipinski definition) is 3. The molecule has 0 spiro atoms. The molecule has 0 bridgehead atoms. The van der Waals surface area contributed by atoms with Gasteiger partial charge in [0.25, 0.3) is 0 Å². The predicted octanol–water partition coefficient (Wildman–Crippen LogP) is 0.829. The molecule has 0 unspecified atom stereocenters. The molecule has 1 heterocycles. The summed E-state index contributed by atoms with van der Waals surface area (Å²) in [6.07, 6.45) is 3.48. The topological polar surface area (TPSA) is 56.9 Å². The Morgan fingerprint density at radius 1 is 1.33 bits per heavy atom. The Balaban J connectivity index is 0.00000112. The van der Waals surface area contributed by atoms with E-state index in [2.05, 4.69) is 15.8 Å². The van der Waals surface area contributed by atoms with Crippen molar-refractivity contribution in [2.24, 2.45) is 0 Å². The molecule has 2 aromatic rings. The Hall–Kier alpha value is -2.81. The van der Waals surface area contributed by atoms with Gasteiger partial charge in [-0.3, -0.25) is 5.43 Å². The average molecular weight is 445 g/mol. The van der Waals surface area contributed by atoms with Gasteiger partial charge in [-0.2, -0.15) is 6.41 Å². The van der Waals surface area contributed by atoms with Crippen LogP contribution in [0, 0.1) is 0 Å². The molecule has 1 aromatic heterocycles. The maximum absolute atomic E-state index is 9.89. The monoisotopic (exact) mass is 445 g/mol. The van der Waals surface area contributed by atoms with Crippen molar-refractivity contribution < 1.29 is 4.79 Å². The van der Waals surface area contributed by atoms with Crippen molar-refractivity contribution in [1.82, 2.24) is 15.8 Å². The van der Waals surface area contributed by atoms with Crippen molar-refractivity contribution in [3.63, 3.8) is 0 Å². The standard InChI is InChI=1S/C10H10N3O.Fm/c14-7-13-12-6-8-5-11-10-4-2-1-3-9(8)10;/h1-5,11-12H,6H2,(H,13,14);/q-1;. The molecule has 0 aliphatic heterocycles. The number of fused-ring (bicyclic) bond motifs is 1. The van der Waals surface area contributed by atoms with E-state index in [-0.39, 0.29) is 0 Å². The second kappa shape index (κ2) is 4.43. The number of H-pyrrole nitrogens is 1. The summed E-state index contributed by atoms with van der Waals surface area (Å²) in [5.41, 5.74) is 7.23. The number of hydrogen-bond acceptors (Lipinski definition) is 2. The Kier molecular flexibility index (Phi) is 3.04. The first-order valence-corrected chi connectivity index (χ1v) is 4.32. The number of rotatable bonds is 4.